The molecule has 0 aromatic rings. The van der Waals surface area contributed by atoms with Crippen molar-refractivity contribution in [1.82, 2.24) is 5.32 Å². The summed E-state index contributed by atoms with van der Waals surface area (Å²) in [5.74, 6) is 0.536. The molecule has 3 nitrogen and oxygen atoms in total. The second-order valence-electron chi connectivity index (χ2n) is 4.44. The summed E-state index contributed by atoms with van der Waals surface area (Å²) in [6.45, 7) is 6.51. The molecule has 0 unspecified atom stereocenters. The largest absolute Gasteiger partial charge is 0.389 e. The van der Waals surface area contributed by atoms with Crippen LogP contribution in [0.25, 0.3) is 0 Å². The molecule has 0 aromatic heterocycles. The molecule has 1 saturated heterocycles. The van der Waals surface area contributed by atoms with Gasteiger partial charge in [-0.2, -0.15) is 0 Å². The predicted octanol–water partition coefficient (Wildman–Crippen LogP) is 1.54. The van der Waals surface area contributed by atoms with Crippen LogP contribution in [0.2, 0.25) is 0 Å². The standard InChI is InChI=1S/C10H18N2O/c1-8(2)9-7-10(13-12-9)3-5-11-6-4-10/h8,11H,3-7H2,1-2H3. The van der Waals surface area contributed by atoms with E-state index < -0.39 is 0 Å². The maximum Gasteiger partial charge on any atom is 0.145 e. The molecule has 1 spiro atoms. The molecule has 0 radical (unpaired) electrons. The van der Waals surface area contributed by atoms with Gasteiger partial charge in [-0.3, -0.25) is 0 Å². The number of nitrogens with zero attached hydrogens (tertiary/aromatic N) is 1. The zero-order chi connectivity index (χ0) is 9.31. The molecule has 2 heterocycles. The molecule has 0 bridgehead atoms. The minimum Gasteiger partial charge on any atom is -0.389 e. The summed E-state index contributed by atoms with van der Waals surface area (Å²) >= 11 is 0. The van der Waals surface area contributed by atoms with Gasteiger partial charge < -0.3 is 10.2 Å². The van der Waals surface area contributed by atoms with E-state index in [9.17, 15) is 0 Å². The molecular weight excluding hydrogens is 164 g/mol. The molecule has 13 heavy (non-hydrogen) atoms. The molecule has 0 amide bonds. The zero-order valence-corrected chi connectivity index (χ0v) is 8.47. The van der Waals surface area contributed by atoms with Crippen molar-refractivity contribution in [3.8, 4) is 0 Å². The molecular formula is C10H18N2O. The van der Waals surface area contributed by atoms with E-state index in [-0.39, 0.29) is 5.60 Å². The summed E-state index contributed by atoms with van der Waals surface area (Å²) in [5, 5.41) is 7.55. The Morgan fingerprint density at radius 2 is 2.08 bits per heavy atom. The van der Waals surface area contributed by atoms with Gasteiger partial charge >= 0.3 is 0 Å². The topological polar surface area (TPSA) is 33.6 Å². The highest BCUT2D eigenvalue weighted by molar-refractivity contribution is 5.87. The van der Waals surface area contributed by atoms with Crippen molar-refractivity contribution < 1.29 is 4.84 Å². The van der Waals surface area contributed by atoms with Crippen LogP contribution in [0.3, 0.4) is 0 Å². The maximum absolute atomic E-state index is 5.60. The Labute approximate surface area is 79.5 Å². The lowest BCUT2D eigenvalue weighted by molar-refractivity contribution is -0.0400. The first kappa shape index (κ1) is 9.00. The lowest BCUT2D eigenvalue weighted by atomic mass is 9.85. The fraction of sp³-hybridized carbons (Fsp3) is 0.900. The van der Waals surface area contributed by atoms with Crippen LogP contribution < -0.4 is 5.32 Å². The van der Waals surface area contributed by atoms with Gasteiger partial charge in [0, 0.05) is 19.3 Å². The number of rotatable bonds is 1. The third kappa shape index (κ3) is 1.70. The van der Waals surface area contributed by atoms with Crippen molar-refractivity contribution in [1.29, 1.82) is 0 Å². The third-order valence-electron chi connectivity index (χ3n) is 3.04. The first-order valence-electron chi connectivity index (χ1n) is 5.18. The molecule has 1 fully saturated rings. The average Bonchev–Trinajstić information content (AvgIpc) is 2.51. The van der Waals surface area contributed by atoms with Crippen molar-refractivity contribution in [2.75, 3.05) is 13.1 Å². The molecule has 0 atom stereocenters. The minimum absolute atomic E-state index is 0.0604. The van der Waals surface area contributed by atoms with E-state index in [4.69, 9.17) is 4.84 Å². The lowest BCUT2D eigenvalue weighted by Crippen LogP contribution is -2.42. The van der Waals surface area contributed by atoms with Crippen molar-refractivity contribution in [2.24, 2.45) is 11.1 Å². The van der Waals surface area contributed by atoms with Gasteiger partial charge in [0.2, 0.25) is 0 Å². The first-order valence-corrected chi connectivity index (χ1v) is 5.18. The second kappa shape index (κ2) is 3.29. The highest BCUT2D eigenvalue weighted by Crippen LogP contribution is 2.33. The highest BCUT2D eigenvalue weighted by Gasteiger charge is 2.40. The van der Waals surface area contributed by atoms with Crippen LogP contribution in [0.5, 0.6) is 0 Å². The van der Waals surface area contributed by atoms with Gasteiger partial charge in [0.25, 0.3) is 0 Å². The van der Waals surface area contributed by atoms with Crippen molar-refractivity contribution in [3.05, 3.63) is 0 Å². The summed E-state index contributed by atoms with van der Waals surface area (Å²) in [4.78, 5) is 5.60. The highest BCUT2D eigenvalue weighted by atomic mass is 16.7. The van der Waals surface area contributed by atoms with E-state index in [1.54, 1.807) is 0 Å². The van der Waals surface area contributed by atoms with Crippen LogP contribution in [0.1, 0.15) is 33.1 Å². The van der Waals surface area contributed by atoms with Crippen molar-refractivity contribution in [3.63, 3.8) is 0 Å². The number of hydrogen-bond acceptors (Lipinski definition) is 3. The predicted molar refractivity (Wildman–Crippen MR) is 52.8 cm³/mol. The average molecular weight is 182 g/mol. The molecule has 0 aromatic carbocycles. The molecule has 0 saturated carbocycles. The molecule has 0 aliphatic carbocycles. The van der Waals surface area contributed by atoms with Crippen LogP contribution in [0.15, 0.2) is 5.16 Å². The molecule has 2 aliphatic heterocycles. The summed E-state index contributed by atoms with van der Waals surface area (Å²) in [6.07, 6.45) is 3.26. The third-order valence-corrected chi connectivity index (χ3v) is 3.04. The van der Waals surface area contributed by atoms with Crippen molar-refractivity contribution >= 4 is 5.71 Å². The van der Waals surface area contributed by atoms with E-state index >= 15 is 0 Å². The Hall–Kier alpha value is -0.570. The summed E-state index contributed by atoms with van der Waals surface area (Å²) in [7, 11) is 0. The molecule has 1 N–H and O–H groups in total. The number of piperidine rings is 1. The van der Waals surface area contributed by atoms with Gasteiger partial charge in [0.05, 0.1) is 5.71 Å². The second-order valence-corrected chi connectivity index (χ2v) is 4.44. The molecule has 74 valence electrons. The zero-order valence-electron chi connectivity index (χ0n) is 8.47. The van der Waals surface area contributed by atoms with Gasteiger partial charge in [-0.15, -0.1) is 0 Å². The minimum atomic E-state index is 0.0604. The normalized spacial score (nSPS) is 26.2. The van der Waals surface area contributed by atoms with Crippen LogP contribution >= 0.6 is 0 Å². The molecule has 3 heteroatoms. The number of hydrogen-bond donors (Lipinski definition) is 1. The quantitative estimate of drug-likeness (QED) is 0.667. The summed E-state index contributed by atoms with van der Waals surface area (Å²) in [5.41, 5.74) is 1.30. The summed E-state index contributed by atoms with van der Waals surface area (Å²) in [6, 6.07) is 0. The van der Waals surface area contributed by atoms with E-state index in [1.165, 1.54) is 5.71 Å². The molecule has 2 aliphatic rings. The van der Waals surface area contributed by atoms with Gasteiger partial charge in [-0.25, -0.2) is 0 Å². The summed E-state index contributed by atoms with van der Waals surface area (Å²) < 4.78 is 0. The fourth-order valence-corrected chi connectivity index (χ4v) is 2.01. The number of oxime groups is 1. The Morgan fingerprint density at radius 1 is 1.38 bits per heavy atom. The lowest BCUT2D eigenvalue weighted by Gasteiger charge is -2.31. The van der Waals surface area contributed by atoms with E-state index in [2.05, 4.69) is 24.3 Å². The van der Waals surface area contributed by atoms with Gasteiger partial charge in [0.1, 0.15) is 5.60 Å². The van der Waals surface area contributed by atoms with Crippen LogP contribution in [0.4, 0.5) is 0 Å². The smallest absolute Gasteiger partial charge is 0.145 e. The SMILES string of the molecule is CC(C)C1=NOC2(CCNCC2)C1. The van der Waals surface area contributed by atoms with Gasteiger partial charge in [-0.05, 0) is 19.0 Å². The van der Waals surface area contributed by atoms with Crippen molar-refractivity contribution in [2.45, 2.75) is 38.7 Å². The van der Waals surface area contributed by atoms with E-state index in [0.29, 0.717) is 5.92 Å². The Balaban J connectivity index is 1.99. The Morgan fingerprint density at radius 3 is 2.62 bits per heavy atom. The fourth-order valence-electron chi connectivity index (χ4n) is 2.01. The maximum atomic E-state index is 5.60. The molecule has 2 rings (SSSR count). The van der Waals surface area contributed by atoms with Crippen LogP contribution in [-0.4, -0.2) is 24.4 Å². The van der Waals surface area contributed by atoms with Gasteiger partial charge in [0.15, 0.2) is 0 Å². The Bertz CT molecular complexity index is 217. The van der Waals surface area contributed by atoms with E-state index in [1.807, 2.05) is 0 Å². The monoisotopic (exact) mass is 182 g/mol. The Kier molecular flexibility index (Phi) is 2.28. The van der Waals surface area contributed by atoms with Crippen LogP contribution in [-0.2, 0) is 4.84 Å². The van der Waals surface area contributed by atoms with Crippen LogP contribution in [0, 0.1) is 5.92 Å². The first-order chi connectivity index (χ1) is 6.22. The van der Waals surface area contributed by atoms with E-state index in [0.717, 1.165) is 32.4 Å². The van der Waals surface area contributed by atoms with Gasteiger partial charge in [-0.1, -0.05) is 19.0 Å². The number of nitrogens with one attached hydrogen (secondary N) is 1.